The van der Waals surface area contributed by atoms with E-state index in [9.17, 15) is 4.79 Å². The van der Waals surface area contributed by atoms with Crippen molar-refractivity contribution in [3.8, 4) is 0 Å². The number of carbonyl (C=O) groups is 1. The van der Waals surface area contributed by atoms with Gasteiger partial charge < -0.3 is 4.90 Å². The summed E-state index contributed by atoms with van der Waals surface area (Å²) in [6, 6.07) is 1.78. The minimum absolute atomic E-state index is 0.0116. The van der Waals surface area contributed by atoms with Crippen LogP contribution in [0.15, 0.2) is 22.9 Å². The first-order valence-corrected chi connectivity index (χ1v) is 5.66. The molecule has 0 unspecified atom stereocenters. The molecule has 0 aliphatic rings. The molecule has 0 aliphatic heterocycles. The van der Waals surface area contributed by atoms with Gasteiger partial charge in [-0.25, -0.2) is 0 Å². The van der Waals surface area contributed by atoms with Gasteiger partial charge in [0.25, 0.3) is 5.91 Å². The fraction of sp³-hybridized carbons (Fsp3) is 0.455. The van der Waals surface area contributed by atoms with Gasteiger partial charge in [0.15, 0.2) is 0 Å². The minimum Gasteiger partial charge on any atom is -0.341 e. The Morgan fingerprint density at radius 2 is 2.20 bits per heavy atom. The molecule has 1 amide bonds. The predicted octanol–water partition coefficient (Wildman–Crippen LogP) is 2.57. The van der Waals surface area contributed by atoms with Crippen LogP contribution in [0.5, 0.6) is 0 Å². The standard InChI is InChI=1S/C11H15BrN2O/c1-8(2)7-14(3)11(15)9-4-10(12)6-13-5-9/h4-6,8H,7H2,1-3H3. The second-order valence-corrected chi connectivity index (χ2v) is 4.89. The lowest BCUT2D eigenvalue weighted by molar-refractivity contribution is 0.0778. The number of hydrogen-bond donors (Lipinski definition) is 0. The van der Waals surface area contributed by atoms with E-state index in [1.165, 1.54) is 0 Å². The molecule has 0 aliphatic carbocycles. The fourth-order valence-electron chi connectivity index (χ4n) is 1.38. The molecule has 0 N–H and O–H groups in total. The summed E-state index contributed by atoms with van der Waals surface area (Å²) in [6.45, 7) is 4.93. The lowest BCUT2D eigenvalue weighted by Crippen LogP contribution is -2.30. The van der Waals surface area contributed by atoms with Crippen LogP contribution >= 0.6 is 15.9 Å². The summed E-state index contributed by atoms with van der Waals surface area (Å²) in [5, 5.41) is 0. The topological polar surface area (TPSA) is 33.2 Å². The molecule has 1 aromatic heterocycles. The summed E-state index contributed by atoms with van der Waals surface area (Å²) >= 11 is 3.30. The van der Waals surface area contributed by atoms with E-state index < -0.39 is 0 Å². The van der Waals surface area contributed by atoms with Crippen LogP contribution in [0, 0.1) is 5.92 Å². The van der Waals surface area contributed by atoms with E-state index in [4.69, 9.17) is 0 Å². The molecule has 1 heterocycles. The van der Waals surface area contributed by atoms with Gasteiger partial charge in [-0.05, 0) is 27.9 Å². The van der Waals surface area contributed by atoms with Gasteiger partial charge in [-0.3, -0.25) is 9.78 Å². The molecule has 0 atom stereocenters. The van der Waals surface area contributed by atoms with Crippen molar-refractivity contribution in [2.75, 3.05) is 13.6 Å². The maximum Gasteiger partial charge on any atom is 0.255 e. The Morgan fingerprint density at radius 1 is 1.53 bits per heavy atom. The molecule has 0 saturated carbocycles. The molecule has 15 heavy (non-hydrogen) atoms. The van der Waals surface area contributed by atoms with Crippen molar-refractivity contribution in [3.63, 3.8) is 0 Å². The number of aromatic nitrogens is 1. The first-order valence-electron chi connectivity index (χ1n) is 4.86. The molecule has 3 nitrogen and oxygen atoms in total. The molecule has 0 bridgehead atoms. The summed E-state index contributed by atoms with van der Waals surface area (Å²) in [5.74, 6) is 0.483. The highest BCUT2D eigenvalue weighted by molar-refractivity contribution is 9.10. The number of pyridine rings is 1. The molecule has 0 aromatic carbocycles. The molecular weight excluding hydrogens is 256 g/mol. The van der Waals surface area contributed by atoms with Gasteiger partial charge in [0.05, 0.1) is 5.56 Å². The second-order valence-electron chi connectivity index (χ2n) is 3.97. The van der Waals surface area contributed by atoms with E-state index in [1.54, 1.807) is 23.4 Å². The second kappa shape index (κ2) is 5.26. The Labute approximate surface area is 98.6 Å². The van der Waals surface area contributed by atoms with Crippen LogP contribution in [-0.2, 0) is 0 Å². The molecule has 0 spiro atoms. The van der Waals surface area contributed by atoms with Crippen LogP contribution < -0.4 is 0 Å². The summed E-state index contributed by atoms with van der Waals surface area (Å²) < 4.78 is 0.825. The van der Waals surface area contributed by atoms with Crippen molar-refractivity contribution >= 4 is 21.8 Å². The zero-order valence-electron chi connectivity index (χ0n) is 9.20. The van der Waals surface area contributed by atoms with E-state index in [2.05, 4.69) is 34.8 Å². The number of nitrogens with zero attached hydrogens (tertiary/aromatic N) is 2. The minimum atomic E-state index is 0.0116. The van der Waals surface area contributed by atoms with E-state index in [-0.39, 0.29) is 5.91 Å². The molecule has 0 saturated heterocycles. The fourth-order valence-corrected chi connectivity index (χ4v) is 1.74. The van der Waals surface area contributed by atoms with Crippen LogP contribution in [0.3, 0.4) is 0 Å². The third-order valence-electron chi connectivity index (χ3n) is 1.94. The predicted molar refractivity (Wildman–Crippen MR) is 63.7 cm³/mol. The summed E-state index contributed by atoms with van der Waals surface area (Å²) in [5.41, 5.74) is 0.618. The van der Waals surface area contributed by atoms with Crippen LogP contribution in [0.4, 0.5) is 0 Å². The molecule has 82 valence electrons. The van der Waals surface area contributed by atoms with Crippen molar-refractivity contribution in [1.29, 1.82) is 0 Å². The van der Waals surface area contributed by atoms with Gasteiger partial charge in [0.1, 0.15) is 0 Å². The largest absolute Gasteiger partial charge is 0.341 e. The van der Waals surface area contributed by atoms with Crippen LogP contribution in [-0.4, -0.2) is 29.4 Å². The van der Waals surface area contributed by atoms with Gasteiger partial charge in [-0.1, -0.05) is 13.8 Å². The van der Waals surface area contributed by atoms with Crippen molar-refractivity contribution < 1.29 is 4.79 Å². The zero-order valence-corrected chi connectivity index (χ0v) is 10.8. The monoisotopic (exact) mass is 270 g/mol. The third-order valence-corrected chi connectivity index (χ3v) is 2.37. The first-order chi connectivity index (χ1) is 7.00. The van der Waals surface area contributed by atoms with Crippen molar-refractivity contribution in [2.24, 2.45) is 5.92 Å². The summed E-state index contributed by atoms with van der Waals surface area (Å²) in [6.07, 6.45) is 3.25. The maximum absolute atomic E-state index is 11.9. The van der Waals surface area contributed by atoms with Crippen LogP contribution in [0.25, 0.3) is 0 Å². The lowest BCUT2D eigenvalue weighted by Gasteiger charge is -2.19. The smallest absolute Gasteiger partial charge is 0.255 e. The molecular formula is C11H15BrN2O. The first kappa shape index (κ1) is 12.2. The highest BCUT2D eigenvalue weighted by Gasteiger charge is 2.12. The number of carbonyl (C=O) groups excluding carboxylic acids is 1. The van der Waals surface area contributed by atoms with Gasteiger partial charge in [0.2, 0.25) is 0 Å². The Kier molecular flexibility index (Phi) is 4.27. The summed E-state index contributed by atoms with van der Waals surface area (Å²) in [7, 11) is 1.81. The van der Waals surface area contributed by atoms with Crippen molar-refractivity contribution in [1.82, 2.24) is 9.88 Å². The highest BCUT2D eigenvalue weighted by atomic mass is 79.9. The third kappa shape index (κ3) is 3.63. The van der Waals surface area contributed by atoms with Crippen molar-refractivity contribution in [2.45, 2.75) is 13.8 Å². The number of rotatable bonds is 3. The molecule has 4 heteroatoms. The zero-order chi connectivity index (χ0) is 11.4. The number of halogens is 1. The Hall–Kier alpha value is -0.900. The van der Waals surface area contributed by atoms with Crippen LogP contribution in [0.1, 0.15) is 24.2 Å². The highest BCUT2D eigenvalue weighted by Crippen LogP contribution is 2.11. The van der Waals surface area contributed by atoms with Gasteiger partial charge >= 0.3 is 0 Å². The Balaban J connectivity index is 2.76. The quantitative estimate of drug-likeness (QED) is 0.846. The van der Waals surface area contributed by atoms with Crippen molar-refractivity contribution in [3.05, 3.63) is 28.5 Å². The van der Waals surface area contributed by atoms with Gasteiger partial charge in [0, 0.05) is 30.5 Å². The van der Waals surface area contributed by atoms with Crippen LogP contribution in [0.2, 0.25) is 0 Å². The Morgan fingerprint density at radius 3 is 2.73 bits per heavy atom. The van der Waals surface area contributed by atoms with E-state index in [0.717, 1.165) is 11.0 Å². The average Bonchev–Trinajstić information content (AvgIpc) is 2.15. The van der Waals surface area contributed by atoms with Gasteiger partial charge in [-0.15, -0.1) is 0 Å². The van der Waals surface area contributed by atoms with Gasteiger partial charge in [-0.2, -0.15) is 0 Å². The average molecular weight is 271 g/mol. The maximum atomic E-state index is 11.9. The normalized spacial score (nSPS) is 10.5. The number of amides is 1. The molecule has 1 rings (SSSR count). The molecule has 1 aromatic rings. The molecule has 0 radical (unpaired) electrons. The van der Waals surface area contributed by atoms with E-state index in [1.807, 2.05) is 7.05 Å². The van der Waals surface area contributed by atoms with E-state index >= 15 is 0 Å². The summed E-state index contributed by atoms with van der Waals surface area (Å²) in [4.78, 5) is 17.6. The SMILES string of the molecule is CC(C)CN(C)C(=O)c1cncc(Br)c1. The Bertz CT molecular complexity index is 352. The molecule has 0 fully saturated rings. The van der Waals surface area contributed by atoms with E-state index in [0.29, 0.717) is 11.5 Å². The lowest BCUT2D eigenvalue weighted by atomic mass is 10.2. The number of hydrogen-bond acceptors (Lipinski definition) is 2.